The van der Waals surface area contributed by atoms with E-state index in [1.54, 1.807) is 23.9 Å². The zero-order chi connectivity index (χ0) is 19.3. The maximum absolute atomic E-state index is 12.1. The zero-order valence-corrected chi connectivity index (χ0v) is 16.7. The Balaban J connectivity index is 1.40. The number of rotatable bonds is 8. The second-order valence-electron chi connectivity index (χ2n) is 6.08. The minimum absolute atomic E-state index is 0.235. The fourth-order valence-electron chi connectivity index (χ4n) is 2.35. The van der Waals surface area contributed by atoms with E-state index in [1.165, 1.54) is 6.26 Å². The molecule has 3 amide bonds. The van der Waals surface area contributed by atoms with E-state index in [-0.39, 0.29) is 30.2 Å². The van der Waals surface area contributed by atoms with Gasteiger partial charge in [0, 0.05) is 29.7 Å². The van der Waals surface area contributed by atoms with E-state index in [9.17, 15) is 9.59 Å². The number of carbonyl (C=O) groups is 2. The van der Waals surface area contributed by atoms with Crippen molar-refractivity contribution < 1.29 is 14.0 Å². The number of carbonyl (C=O) groups excluding carboxylic acids is 2. The lowest BCUT2D eigenvalue weighted by Gasteiger charge is -2.12. The van der Waals surface area contributed by atoms with Crippen LogP contribution in [0.2, 0.25) is 0 Å². The van der Waals surface area contributed by atoms with E-state index in [0.717, 1.165) is 22.8 Å². The Kier molecular flexibility index (Phi) is 6.57. The number of para-hydroxylation sites is 1. The number of hydrogen-bond acceptors (Lipinski definition) is 4. The molecule has 1 saturated carbocycles. The topological polar surface area (TPSA) is 83.4 Å². The van der Waals surface area contributed by atoms with Crippen molar-refractivity contribution in [2.45, 2.75) is 15.6 Å². The molecule has 1 aliphatic carbocycles. The van der Waals surface area contributed by atoms with Crippen molar-refractivity contribution in [2.24, 2.45) is 5.92 Å². The standard InChI is InChI=1S/C18H19Cl2N3O3S/c19-18(20)10-12(18)11-27-15-6-2-1-4-13(15)23-17(25)22-8-7-21-16(24)14-5-3-9-26-14/h1-6,9,12H,7-8,10-11H2,(H,21,24)(H2,22,23,25). The first-order valence-corrected chi connectivity index (χ1v) is 10.2. The maximum Gasteiger partial charge on any atom is 0.319 e. The van der Waals surface area contributed by atoms with Gasteiger partial charge in [-0.15, -0.1) is 35.0 Å². The van der Waals surface area contributed by atoms with E-state index in [4.69, 9.17) is 27.6 Å². The number of benzene rings is 1. The van der Waals surface area contributed by atoms with Gasteiger partial charge in [-0.2, -0.15) is 0 Å². The van der Waals surface area contributed by atoms with Crippen molar-refractivity contribution in [3.8, 4) is 0 Å². The zero-order valence-electron chi connectivity index (χ0n) is 14.3. The van der Waals surface area contributed by atoms with Gasteiger partial charge in [0.25, 0.3) is 5.91 Å². The molecule has 6 nitrogen and oxygen atoms in total. The molecule has 0 aliphatic heterocycles. The normalized spacial score (nSPS) is 17.2. The number of anilines is 1. The highest BCUT2D eigenvalue weighted by Crippen LogP contribution is 2.55. The van der Waals surface area contributed by atoms with Gasteiger partial charge in [-0.25, -0.2) is 4.79 Å². The van der Waals surface area contributed by atoms with Crippen LogP contribution in [0.4, 0.5) is 10.5 Å². The molecule has 0 spiro atoms. The number of halogens is 2. The van der Waals surface area contributed by atoms with Gasteiger partial charge in [0.2, 0.25) is 0 Å². The summed E-state index contributed by atoms with van der Waals surface area (Å²) in [7, 11) is 0. The van der Waals surface area contributed by atoms with Crippen LogP contribution in [0.15, 0.2) is 52.0 Å². The van der Waals surface area contributed by atoms with Crippen LogP contribution in [0.3, 0.4) is 0 Å². The monoisotopic (exact) mass is 427 g/mol. The van der Waals surface area contributed by atoms with Crippen LogP contribution in [0.5, 0.6) is 0 Å². The summed E-state index contributed by atoms with van der Waals surface area (Å²) < 4.78 is 4.39. The van der Waals surface area contributed by atoms with Crippen molar-refractivity contribution in [1.29, 1.82) is 0 Å². The van der Waals surface area contributed by atoms with E-state index in [2.05, 4.69) is 16.0 Å². The van der Waals surface area contributed by atoms with Gasteiger partial charge in [0.15, 0.2) is 5.76 Å². The van der Waals surface area contributed by atoms with E-state index < -0.39 is 4.33 Å². The lowest BCUT2D eigenvalue weighted by molar-refractivity contribution is 0.0926. The van der Waals surface area contributed by atoms with Crippen molar-refractivity contribution >= 4 is 52.6 Å². The summed E-state index contributed by atoms with van der Waals surface area (Å²) in [6.07, 6.45) is 2.22. The molecule has 0 radical (unpaired) electrons. The predicted molar refractivity (Wildman–Crippen MR) is 108 cm³/mol. The summed E-state index contributed by atoms with van der Waals surface area (Å²) in [6, 6.07) is 10.4. The summed E-state index contributed by atoms with van der Waals surface area (Å²) >= 11 is 13.7. The van der Waals surface area contributed by atoms with Crippen LogP contribution in [0.25, 0.3) is 0 Å². The number of furan rings is 1. The first-order valence-electron chi connectivity index (χ1n) is 8.42. The summed E-state index contributed by atoms with van der Waals surface area (Å²) in [6.45, 7) is 0.579. The molecule has 1 aromatic carbocycles. The maximum atomic E-state index is 12.1. The molecule has 1 unspecified atom stereocenters. The van der Waals surface area contributed by atoms with Crippen molar-refractivity contribution in [1.82, 2.24) is 10.6 Å². The minimum Gasteiger partial charge on any atom is -0.459 e. The fourth-order valence-corrected chi connectivity index (χ4v) is 4.29. The second-order valence-corrected chi connectivity index (χ2v) is 8.69. The molecular weight excluding hydrogens is 409 g/mol. The quantitative estimate of drug-likeness (QED) is 0.336. The molecule has 2 aromatic rings. The molecule has 1 aliphatic rings. The Hall–Kier alpha value is -1.83. The van der Waals surface area contributed by atoms with Crippen LogP contribution < -0.4 is 16.0 Å². The smallest absolute Gasteiger partial charge is 0.319 e. The van der Waals surface area contributed by atoms with Crippen LogP contribution >= 0.6 is 35.0 Å². The van der Waals surface area contributed by atoms with E-state index in [1.807, 2.05) is 24.3 Å². The number of nitrogens with one attached hydrogen (secondary N) is 3. The first-order chi connectivity index (χ1) is 13.0. The summed E-state index contributed by atoms with van der Waals surface area (Å²) in [5, 5.41) is 8.18. The number of alkyl halides is 2. The first kappa shape index (κ1) is 19.9. The third-order valence-corrected chi connectivity index (χ3v) is 6.13. The van der Waals surface area contributed by atoms with Gasteiger partial charge in [-0.05, 0) is 30.7 Å². The fraction of sp³-hybridized carbons (Fsp3) is 0.333. The Morgan fingerprint density at radius 3 is 2.59 bits per heavy atom. The molecule has 1 fully saturated rings. The van der Waals surface area contributed by atoms with Gasteiger partial charge < -0.3 is 20.4 Å². The van der Waals surface area contributed by atoms with Gasteiger partial charge in [0.1, 0.15) is 4.33 Å². The highest BCUT2D eigenvalue weighted by atomic mass is 35.5. The lowest BCUT2D eigenvalue weighted by Crippen LogP contribution is -2.36. The average Bonchev–Trinajstić information content (AvgIpc) is 3.02. The van der Waals surface area contributed by atoms with Gasteiger partial charge in [0.05, 0.1) is 12.0 Å². The summed E-state index contributed by atoms with van der Waals surface area (Å²) in [5.74, 6) is 0.981. The number of thioether (sulfide) groups is 1. The molecule has 0 bridgehead atoms. The second kappa shape index (κ2) is 8.91. The molecule has 1 atom stereocenters. The van der Waals surface area contributed by atoms with Crippen molar-refractivity contribution in [2.75, 3.05) is 24.2 Å². The third-order valence-electron chi connectivity index (χ3n) is 3.97. The highest BCUT2D eigenvalue weighted by Gasteiger charge is 2.51. The molecule has 0 saturated heterocycles. The average molecular weight is 428 g/mol. The van der Waals surface area contributed by atoms with Crippen LogP contribution in [-0.2, 0) is 0 Å². The SMILES string of the molecule is O=C(NCCNC(=O)c1ccco1)Nc1ccccc1SCC1CC1(Cl)Cl. The van der Waals surface area contributed by atoms with Crippen LogP contribution in [0.1, 0.15) is 17.0 Å². The lowest BCUT2D eigenvalue weighted by atomic mass is 10.3. The van der Waals surface area contributed by atoms with Gasteiger partial charge in [-0.1, -0.05) is 12.1 Å². The summed E-state index contributed by atoms with van der Waals surface area (Å²) in [4.78, 5) is 24.7. The molecule has 1 heterocycles. The van der Waals surface area contributed by atoms with Crippen LogP contribution in [-0.4, -0.2) is 35.1 Å². The highest BCUT2D eigenvalue weighted by molar-refractivity contribution is 7.99. The third kappa shape index (κ3) is 5.82. The molecule has 27 heavy (non-hydrogen) atoms. The van der Waals surface area contributed by atoms with E-state index in [0.29, 0.717) is 6.54 Å². The number of urea groups is 1. The van der Waals surface area contributed by atoms with Gasteiger partial charge >= 0.3 is 6.03 Å². The Morgan fingerprint density at radius 1 is 1.15 bits per heavy atom. The molecule has 3 N–H and O–H groups in total. The van der Waals surface area contributed by atoms with Gasteiger partial charge in [-0.3, -0.25) is 4.79 Å². The molecule has 1 aromatic heterocycles. The summed E-state index contributed by atoms with van der Waals surface area (Å²) in [5.41, 5.74) is 0.718. The molecular formula is C18H19Cl2N3O3S. The molecule has 9 heteroatoms. The molecule has 144 valence electrons. The number of amides is 3. The molecule has 3 rings (SSSR count). The Labute approximate surface area is 171 Å². The minimum atomic E-state index is -0.604. The van der Waals surface area contributed by atoms with E-state index >= 15 is 0 Å². The van der Waals surface area contributed by atoms with Crippen molar-refractivity contribution in [3.63, 3.8) is 0 Å². The Bertz CT molecular complexity index is 799. The predicted octanol–water partition coefficient (Wildman–Crippen LogP) is 4.12. The Morgan fingerprint density at radius 2 is 1.89 bits per heavy atom. The van der Waals surface area contributed by atoms with Crippen LogP contribution in [0, 0.1) is 5.92 Å². The number of hydrogen-bond donors (Lipinski definition) is 3. The van der Waals surface area contributed by atoms with Crippen molar-refractivity contribution in [3.05, 3.63) is 48.4 Å². The largest absolute Gasteiger partial charge is 0.459 e.